The zero-order chi connectivity index (χ0) is 14.0. The van der Waals surface area contributed by atoms with Gasteiger partial charge in [0.2, 0.25) is 10.0 Å². The third-order valence-electron chi connectivity index (χ3n) is 3.10. The van der Waals surface area contributed by atoms with Crippen LogP contribution in [0.3, 0.4) is 0 Å². The van der Waals surface area contributed by atoms with E-state index in [-0.39, 0.29) is 10.5 Å². The summed E-state index contributed by atoms with van der Waals surface area (Å²) in [6.07, 6.45) is 2.68. The van der Waals surface area contributed by atoms with Gasteiger partial charge in [0.1, 0.15) is 0 Å². The van der Waals surface area contributed by atoms with E-state index in [1.807, 2.05) is 0 Å². The Hall–Kier alpha value is -0.920. The van der Waals surface area contributed by atoms with Crippen molar-refractivity contribution < 1.29 is 18.3 Å². The first-order chi connectivity index (χ1) is 8.93. The first-order valence-corrected chi connectivity index (χ1v) is 8.17. The summed E-state index contributed by atoms with van der Waals surface area (Å²) in [5, 5.41) is 10.8. The monoisotopic (exact) mass is 346 g/mol. The van der Waals surface area contributed by atoms with Crippen molar-refractivity contribution >= 4 is 31.9 Å². The molecule has 1 fully saturated rings. The number of rotatable bonds is 3. The lowest BCUT2D eigenvalue weighted by atomic mass is 10.2. The number of aromatic carboxylic acids is 1. The Labute approximate surface area is 120 Å². The standard InChI is InChI=1S/C12H14BrNO4S/c13-10-5-4-9(12(15)16)8-11(10)19(17,18)14-6-2-1-3-7-14/h4-5,8H,1-3,6-7H2,(H,15,16)/p-1. The quantitative estimate of drug-likeness (QED) is 0.817. The molecule has 19 heavy (non-hydrogen) atoms. The van der Waals surface area contributed by atoms with Gasteiger partial charge in [0.05, 0.1) is 10.9 Å². The summed E-state index contributed by atoms with van der Waals surface area (Å²) in [5.41, 5.74) is -0.140. The van der Waals surface area contributed by atoms with E-state index in [1.165, 1.54) is 16.4 Å². The van der Waals surface area contributed by atoms with Crippen LogP contribution in [0.2, 0.25) is 0 Å². The van der Waals surface area contributed by atoms with Crippen molar-refractivity contribution in [1.29, 1.82) is 0 Å². The lowest BCUT2D eigenvalue weighted by Gasteiger charge is -2.26. The van der Waals surface area contributed by atoms with Crippen LogP contribution in [0.5, 0.6) is 0 Å². The van der Waals surface area contributed by atoms with Crippen LogP contribution in [0.25, 0.3) is 0 Å². The summed E-state index contributed by atoms with van der Waals surface area (Å²) in [4.78, 5) is 10.8. The van der Waals surface area contributed by atoms with Gasteiger partial charge in [-0.1, -0.05) is 12.5 Å². The maximum Gasteiger partial charge on any atom is 0.244 e. The van der Waals surface area contributed by atoms with Crippen LogP contribution >= 0.6 is 15.9 Å². The predicted octanol–water partition coefficient (Wildman–Crippen LogP) is 0.987. The molecule has 0 radical (unpaired) electrons. The van der Waals surface area contributed by atoms with Gasteiger partial charge in [-0.25, -0.2) is 8.42 Å². The fourth-order valence-electron chi connectivity index (χ4n) is 2.07. The molecule has 0 saturated carbocycles. The fraction of sp³-hybridized carbons (Fsp3) is 0.417. The largest absolute Gasteiger partial charge is 0.545 e. The lowest BCUT2D eigenvalue weighted by molar-refractivity contribution is -0.255. The van der Waals surface area contributed by atoms with Crippen LogP contribution in [0.15, 0.2) is 27.6 Å². The molecule has 7 heteroatoms. The van der Waals surface area contributed by atoms with Gasteiger partial charge in [0.15, 0.2) is 0 Å². The minimum Gasteiger partial charge on any atom is -0.545 e. The zero-order valence-electron chi connectivity index (χ0n) is 10.1. The van der Waals surface area contributed by atoms with Crippen molar-refractivity contribution in [3.05, 3.63) is 28.2 Å². The molecule has 0 aliphatic carbocycles. The highest BCUT2D eigenvalue weighted by Gasteiger charge is 2.27. The Morgan fingerprint density at radius 3 is 2.42 bits per heavy atom. The fourth-order valence-corrected chi connectivity index (χ4v) is 4.54. The minimum absolute atomic E-state index is 0.0175. The molecule has 2 rings (SSSR count). The summed E-state index contributed by atoms with van der Waals surface area (Å²) in [5.74, 6) is -1.39. The molecule has 1 heterocycles. The van der Waals surface area contributed by atoms with E-state index >= 15 is 0 Å². The first-order valence-electron chi connectivity index (χ1n) is 5.94. The number of carboxylic acids is 1. The smallest absolute Gasteiger partial charge is 0.244 e. The molecule has 1 saturated heterocycles. The number of benzene rings is 1. The SMILES string of the molecule is O=C([O-])c1ccc(Br)c(S(=O)(=O)N2CCCCC2)c1. The van der Waals surface area contributed by atoms with Crippen molar-refractivity contribution in [1.82, 2.24) is 4.31 Å². The van der Waals surface area contributed by atoms with Crippen molar-refractivity contribution in [2.45, 2.75) is 24.2 Å². The molecule has 1 aliphatic heterocycles. The topological polar surface area (TPSA) is 77.5 Å². The van der Waals surface area contributed by atoms with Crippen molar-refractivity contribution in [3.63, 3.8) is 0 Å². The number of nitrogens with zero attached hydrogens (tertiary/aromatic N) is 1. The highest BCUT2D eigenvalue weighted by Crippen LogP contribution is 2.28. The maximum absolute atomic E-state index is 12.5. The molecule has 1 aromatic carbocycles. The molecule has 0 amide bonds. The average Bonchev–Trinajstić information content (AvgIpc) is 2.39. The molecule has 1 aromatic rings. The molecular formula is C12H13BrNO4S-. The highest BCUT2D eigenvalue weighted by molar-refractivity contribution is 9.10. The average molecular weight is 347 g/mol. The second kappa shape index (κ2) is 5.60. The van der Waals surface area contributed by atoms with Gasteiger partial charge >= 0.3 is 0 Å². The number of sulfonamides is 1. The normalized spacial score (nSPS) is 17.3. The molecule has 5 nitrogen and oxygen atoms in total. The van der Waals surface area contributed by atoms with Gasteiger partial charge in [0.25, 0.3) is 0 Å². The Morgan fingerprint density at radius 2 is 1.84 bits per heavy atom. The van der Waals surface area contributed by atoms with E-state index in [0.717, 1.165) is 25.3 Å². The Kier molecular flexibility index (Phi) is 4.27. The van der Waals surface area contributed by atoms with Gasteiger partial charge in [0, 0.05) is 17.6 Å². The summed E-state index contributed by atoms with van der Waals surface area (Å²) in [6, 6.07) is 3.87. The van der Waals surface area contributed by atoms with Crippen LogP contribution < -0.4 is 5.11 Å². The van der Waals surface area contributed by atoms with Crippen LogP contribution in [-0.4, -0.2) is 31.8 Å². The summed E-state index contributed by atoms with van der Waals surface area (Å²) in [6.45, 7) is 0.953. The second-order valence-corrected chi connectivity index (χ2v) is 7.16. The zero-order valence-corrected chi connectivity index (χ0v) is 12.5. The van der Waals surface area contributed by atoms with E-state index in [2.05, 4.69) is 15.9 Å². The number of halogens is 1. The van der Waals surface area contributed by atoms with E-state index in [1.54, 1.807) is 0 Å². The Balaban J connectivity index is 2.44. The van der Waals surface area contributed by atoms with Gasteiger partial charge in [-0.05, 0) is 46.5 Å². The molecule has 0 aromatic heterocycles. The molecule has 0 unspecified atom stereocenters. The lowest BCUT2D eigenvalue weighted by Crippen LogP contribution is -2.36. The van der Waals surface area contributed by atoms with Gasteiger partial charge < -0.3 is 9.90 Å². The van der Waals surface area contributed by atoms with E-state index in [9.17, 15) is 18.3 Å². The molecule has 1 aliphatic rings. The van der Waals surface area contributed by atoms with Crippen LogP contribution in [0.4, 0.5) is 0 Å². The van der Waals surface area contributed by atoms with Gasteiger partial charge in [-0.15, -0.1) is 0 Å². The second-order valence-electron chi connectivity index (χ2n) is 4.40. The predicted molar refractivity (Wildman–Crippen MR) is 71.1 cm³/mol. The number of carbonyl (C=O) groups is 1. The third kappa shape index (κ3) is 2.98. The van der Waals surface area contributed by atoms with Gasteiger partial charge in [-0.3, -0.25) is 0 Å². The number of carbonyl (C=O) groups excluding carboxylic acids is 1. The van der Waals surface area contributed by atoms with Gasteiger partial charge in [-0.2, -0.15) is 4.31 Å². The van der Waals surface area contributed by atoms with Crippen molar-refractivity contribution in [3.8, 4) is 0 Å². The minimum atomic E-state index is -3.65. The molecule has 0 spiro atoms. The number of carboxylic acid groups (broad SMARTS) is 1. The number of hydrogen-bond donors (Lipinski definition) is 0. The van der Waals surface area contributed by atoms with E-state index < -0.39 is 16.0 Å². The molecule has 0 bridgehead atoms. The molecule has 0 atom stereocenters. The van der Waals surface area contributed by atoms with Crippen LogP contribution in [0.1, 0.15) is 29.6 Å². The van der Waals surface area contributed by atoms with E-state index in [0.29, 0.717) is 17.6 Å². The van der Waals surface area contributed by atoms with Crippen molar-refractivity contribution in [2.24, 2.45) is 0 Å². The number of hydrogen-bond acceptors (Lipinski definition) is 4. The van der Waals surface area contributed by atoms with Crippen molar-refractivity contribution in [2.75, 3.05) is 13.1 Å². The summed E-state index contributed by atoms with van der Waals surface area (Å²) < 4.78 is 26.7. The number of piperidine rings is 1. The maximum atomic E-state index is 12.5. The van der Waals surface area contributed by atoms with Crippen LogP contribution in [0, 0.1) is 0 Å². The van der Waals surface area contributed by atoms with Crippen LogP contribution in [-0.2, 0) is 10.0 Å². The molecule has 0 N–H and O–H groups in total. The Bertz CT molecular complexity index is 594. The van der Waals surface area contributed by atoms with E-state index in [4.69, 9.17) is 0 Å². The highest BCUT2D eigenvalue weighted by atomic mass is 79.9. The Morgan fingerprint density at radius 1 is 1.21 bits per heavy atom. The third-order valence-corrected chi connectivity index (χ3v) is 5.99. The summed E-state index contributed by atoms with van der Waals surface area (Å²) >= 11 is 3.16. The molecule has 104 valence electrons. The summed E-state index contributed by atoms with van der Waals surface area (Å²) in [7, 11) is -3.65. The molecular weight excluding hydrogens is 334 g/mol. The first kappa shape index (κ1) is 14.5.